The fourth-order valence-corrected chi connectivity index (χ4v) is 1.07. The van der Waals surface area contributed by atoms with Gasteiger partial charge in [-0.25, -0.2) is 4.63 Å². The molecule has 2 aromatic rings. The molecule has 0 atom stereocenters. The van der Waals surface area contributed by atoms with Crippen LogP contribution >= 0.6 is 0 Å². The summed E-state index contributed by atoms with van der Waals surface area (Å²) in [5.41, 5.74) is 2.08. The molecule has 0 aliphatic carbocycles. The highest BCUT2D eigenvalue weighted by Gasteiger charge is 1.98. The highest BCUT2D eigenvalue weighted by molar-refractivity contribution is 5.19. The van der Waals surface area contributed by atoms with Gasteiger partial charge in [0.15, 0.2) is 0 Å². The van der Waals surface area contributed by atoms with Crippen LogP contribution in [-0.2, 0) is 6.42 Å². The molecule has 0 aliphatic heterocycles. The van der Waals surface area contributed by atoms with E-state index in [1.165, 1.54) is 5.56 Å². The van der Waals surface area contributed by atoms with Crippen molar-refractivity contribution in [3.63, 3.8) is 0 Å². The lowest BCUT2D eigenvalue weighted by Gasteiger charge is -1.93. The molecule has 60 valence electrons. The van der Waals surface area contributed by atoms with Crippen LogP contribution in [0.1, 0.15) is 11.3 Å². The monoisotopic (exact) mass is 160 g/mol. The molecule has 0 unspecified atom stereocenters. The topological polar surface area (TPSA) is 38.9 Å². The minimum absolute atomic E-state index is 0.782. The first-order valence-electron chi connectivity index (χ1n) is 3.75. The first-order valence-corrected chi connectivity index (χ1v) is 3.75. The summed E-state index contributed by atoms with van der Waals surface area (Å²) in [5, 5.41) is 7.26. The summed E-state index contributed by atoms with van der Waals surface area (Å²) in [7, 11) is 0. The second-order valence-electron chi connectivity index (χ2n) is 2.56. The van der Waals surface area contributed by atoms with E-state index in [9.17, 15) is 0 Å². The van der Waals surface area contributed by atoms with Crippen molar-refractivity contribution in [2.24, 2.45) is 0 Å². The SMILES string of the molecule is c1ccc(Cc2cnon2)cc1. The van der Waals surface area contributed by atoms with Crippen molar-refractivity contribution in [3.8, 4) is 0 Å². The van der Waals surface area contributed by atoms with Crippen LogP contribution in [0.25, 0.3) is 0 Å². The van der Waals surface area contributed by atoms with Crippen LogP contribution in [0.4, 0.5) is 0 Å². The Morgan fingerprint density at radius 1 is 1.17 bits per heavy atom. The van der Waals surface area contributed by atoms with E-state index in [2.05, 4.69) is 27.1 Å². The zero-order valence-electron chi connectivity index (χ0n) is 6.47. The number of aromatic nitrogens is 2. The number of hydrogen-bond donors (Lipinski definition) is 0. The van der Waals surface area contributed by atoms with Crippen molar-refractivity contribution in [1.82, 2.24) is 10.3 Å². The number of hydrogen-bond acceptors (Lipinski definition) is 3. The van der Waals surface area contributed by atoms with Crippen molar-refractivity contribution in [3.05, 3.63) is 47.8 Å². The van der Waals surface area contributed by atoms with E-state index in [4.69, 9.17) is 0 Å². The van der Waals surface area contributed by atoms with E-state index in [0.29, 0.717) is 0 Å². The molecule has 1 aromatic heterocycles. The largest absolute Gasteiger partial charge is 0.244 e. The maximum atomic E-state index is 4.49. The molecule has 0 aliphatic rings. The van der Waals surface area contributed by atoms with Crippen molar-refractivity contribution in [1.29, 1.82) is 0 Å². The molecule has 0 saturated carbocycles. The average molecular weight is 160 g/mol. The Labute approximate surface area is 70.0 Å². The molecule has 3 nitrogen and oxygen atoms in total. The molecule has 0 saturated heterocycles. The van der Waals surface area contributed by atoms with Gasteiger partial charge in [0, 0.05) is 6.42 Å². The predicted molar refractivity (Wildman–Crippen MR) is 43.5 cm³/mol. The number of rotatable bonds is 2. The maximum absolute atomic E-state index is 4.49. The zero-order chi connectivity index (χ0) is 8.23. The van der Waals surface area contributed by atoms with Crippen LogP contribution in [0.15, 0.2) is 41.2 Å². The molecular formula is C9H8N2O. The number of nitrogens with zero attached hydrogens (tertiary/aromatic N) is 2. The summed E-state index contributed by atoms with van der Waals surface area (Å²) in [4.78, 5) is 0. The third kappa shape index (κ3) is 1.50. The Morgan fingerprint density at radius 2 is 2.00 bits per heavy atom. The van der Waals surface area contributed by atoms with Gasteiger partial charge in [-0.15, -0.1) is 0 Å². The van der Waals surface area contributed by atoms with Gasteiger partial charge >= 0.3 is 0 Å². The quantitative estimate of drug-likeness (QED) is 0.670. The average Bonchev–Trinajstić information content (AvgIpc) is 2.59. The number of benzene rings is 1. The Morgan fingerprint density at radius 3 is 2.67 bits per heavy atom. The van der Waals surface area contributed by atoms with Gasteiger partial charge in [-0.2, -0.15) is 0 Å². The van der Waals surface area contributed by atoms with Crippen LogP contribution in [0, 0.1) is 0 Å². The summed E-state index contributed by atoms with van der Waals surface area (Å²) in [6.45, 7) is 0. The molecule has 2 rings (SSSR count). The molecule has 0 amide bonds. The molecule has 3 heteroatoms. The summed E-state index contributed by atoms with van der Waals surface area (Å²) in [6, 6.07) is 10.1. The zero-order valence-corrected chi connectivity index (χ0v) is 6.47. The molecule has 0 spiro atoms. The van der Waals surface area contributed by atoms with Gasteiger partial charge in [-0.1, -0.05) is 40.6 Å². The van der Waals surface area contributed by atoms with Crippen molar-refractivity contribution < 1.29 is 4.63 Å². The Balaban J connectivity index is 2.15. The van der Waals surface area contributed by atoms with Gasteiger partial charge < -0.3 is 0 Å². The lowest BCUT2D eigenvalue weighted by molar-refractivity contribution is 0.303. The van der Waals surface area contributed by atoms with Gasteiger partial charge in [-0.05, 0) is 5.56 Å². The van der Waals surface area contributed by atoms with Crippen molar-refractivity contribution >= 4 is 0 Å². The van der Waals surface area contributed by atoms with Crippen molar-refractivity contribution in [2.75, 3.05) is 0 Å². The van der Waals surface area contributed by atoms with Crippen LogP contribution in [0.3, 0.4) is 0 Å². The lowest BCUT2D eigenvalue weighted by atomic mass is 10.1. The first-order chi connectivity index (χ1) is 5.95. The highest BCUT2D eigenvalue weighted by atomic mass is 16.6. The van der Waals surface area contributed by atoms with E-state index in [1.807, 2.05) is 18.2 Å². The molecule has 0 radical (unpaired) electrons. The summed E-state index contributed by atoms with van der Waals surface area (Å²) >= 11 is 0. The second-order valence-corrected chi connectivity index (χ2v) is 2.56. The molecular weight excluding hydrogens is 152 g/mol. The lowest BCUT2D eigenvalue weighted by Crippen LogP contribution is -1.86. The Kier molecular flexibility index (Phi) is 1.86. The summed E-state index contributed by atoms with van der Waals surface area (Å²) < 4.78 is 4.49. The van der Waals surface area contributed by atoms with E-state index in [0.717, 1.165) is 12.1 Å². The minimum atomic E-state index is 0.782. The fraction of sp³-hybridized carbons (Fsp3) is 0.111. The van der Waals surface area contributed by atoms with Gasteiger partial charge in [-0.3, -0.25) is 0 Å². The summed E-state index contributed by atoms with van der Waals surface area (Å²) in [6.07, 6.45) is 2.41. The molecule has 1 aromatic carbocycles. The highest BCUT2D eigenvalue weighted by Crippen LogP contribution is 2.04. The predicted octanol–water partition coefficient (Wildman–Crippen LogP) is 1.66. The van der Waals surface area contributed by atoms with Crippen LogP contribution in [-0.4, -0.2) is 10.3 Å². The van der Waals surface area contributed by atoms with E-state index in [1.54, 1.807) is 6.20 Å². The van der Waals surface area contributed by atoms with Gasteiger partial charge in [0.1, 0.15) is 5.69 Å². The van der Waals surface area contributed by atoms with Gasteiger partial charge in [0.05, 0.1) is 6.20 Å². The molecule has 12 heavy (non-hydrogen) atoms. The van der Waals surface area contributed by atoms with Crippen molar-refractivity contribution in [2.45, 2.75) is 6.42 Å². The Hall–Kier alpha value is -1.64. The maximum Gasteiger partial charge on any atom is 0.109 e. The Bertz CT molecular complexity index is 329. The molecule has 0 fully saturated rings. The standard InChI is InChI=1S/C9H8N2O/c1-2-4-8(5-3-1)6-9-7-10-12-11-9/h1-5,7H,6H2. The molecule has 0 bridgehead atoms. The normalized spacial score (nSPS) is 10.0. The van der Waals surface area contributed by atoms with E-state index in [-0.39, 0.29) is 0 Å². The molecule has 0 N–H and O–H groups in total. The van der Waals surface area contributed by atoms with Gasteiger partial charge in [0.25, 0.3) is 0 Å². The third-order valence-electron chi connectivity index (χ3n) is 1.64. The van der Waals surface area contributed by atoms with E-state index < -0.39 is 0 Å². The van der Waals surface area contributed by atoms with Crippen LogP contribution in [0.5, 0.6) is 0 Å². The fourth-order valence-electron chi connectivity index (χ4n) is 1.07. The smallest absolute Gasteiger partial charge is 0.109 e. The minimum Gasteiger partial charge on any atom is -0.244 e. The van der Waals surface area contributed by atoms with Crippen LogP contribution in [0.2, 0.25) is 0 Å². The van der Waals surface area contributed by atoms with Gasteiger partial charge in [0.2, 0.25) is 0 Å². The first kappa shape index (κ1) is 7.03. The molecule has 1 heterocycles. The van der Waals surface area contributed by atoms with Crippen LogP contribution < -0.4 is 0 Å². The summed E-state index contributed by atoms with van der Waals surface area (Å²) in [5.74, 6) is 0. The van der Waals surface area contributed by atoms with E-state index >= 15 is 0 Å². The third-order valence-corrected chi connectivity index (χ3v) is 1.64. The second kappa shape index (κ2) is 3.17.